The fraction of sp³-hybridized carbons (Fsp3) is 0.909. The zero-order valence-corrected chi connectivity index (χ0v) is 11.5. The van der Waals surface area contributed by atoms with Crippen LogP contribution in [0, 0.1) is 5.92 Å². The average molecular weight is 307 g/mol. The van der Waals surface area contributed by atoms with Crippen molar-refractivity contribution in [2.75, 3.05) is 26.7 Å². The molecule has 0 bridgehead atoms. The van der Waals surface area contributed by atoms with Crippen molar-refractivity contribution in [2.45, 2.75) is 31.6 Å². The molecule has 0 aromatic rings. The predicted octanol–water partition coefficient (Wildman–Crippen LogP) is 2.16. The van der Waals surface area contributed by atoms with Crippen molar-refractivity contribution >= 4 is 18.3 Å². The number of carbonyl (C=O) groups is 1. The van der Waals surface area contributed by atoms with Crippen LogP contribution in [-0.2, 0) is 4.79 Å². The molecule has 0 spiro atoms. The minimum atomic E-state index is -4.56. The van der Waals surface area contributed by atoms with E-state index in [-0.39, 0.29) is 25.5 Å². The molecule has 1 saturated heterocycles. The van der Waals surface area contributed by atoms with E-state index in [2.05, 4.69) is 5.32 Å². The van der Waals surface area contributed by atoms with E-state index < -0.39 is 18.3 Å². The second-order valence-corrected chi connectivity index (χ2v) is 4.55. The first-order valence-electron chi connectivity index (χ1n) is 5.99. The van der Waals surface area contributed by atoms with Crippen molar-refractivity contribution < 1.29 is 22.4 Å². The SMILES string of the molecule is CNCCC1CCN(C(=O)C(F)(F)C(F)F)CC1.Cl. The van der Waals surface area contributed by atoms with Crippen LogP contribution < -0.4 is 5.32 Å². The molecule has 0 aromatic heterocycles. The van der Waals surface area contributed by atoms with Gasteiger partial charge in [-0.2, -0.15) is 8.78 Å². The van der Waals surface area contributed by atoms with Gasteiger partial charge in [-0.15, -0.1) is 12.4 Å². The summed E-state index contributed by atoms with van der Waals surface area (Å²) >= 11 is 0. The number of nitrogens with zero attached hydrogens (tertiary/aromatic N) is 1. The van der Waals surface area contributed by atoms with Crippen molar-refractivity contribution in [1.29, 1.82) is 0 Å². The molecule has 0 saturated carbocycles. The first-order chi connectivity index (χ1) is 8.39. The zero-order valence-electron chi connectivity index (χ0n) is 10.7. The van der Waals surface area contributed by atoms with Crippen molar-refractivity contribution in [3.8, 4) is 0 Å². The maximum atomic E-state index is 12.9. The summed E-state index contributed by atoms with van der Waals surface area (Å²) in [5.74, 6) is -5.94. The number of likely N-dealkylation sites (tertiary alicyclic amines) is 1. The number of hydrogen-bond acceptors (Lipinski definition) is 2. The third kappa shape index (κ3) is 4.80. The number of alkyl halides is 4. The van der Waals surface area contributed by atoms with Crippen LogP contribution in [0.3, 0.4) is 0 Å². The monoisotopic (exact) mass is 306 g/mol. The second kappa shape index (κ2) is 7.89. The lowest BCUT2D eigenvalue weighted by atomic mass is 9.93. The van der Waals surface area contributed by atoms with Crippen LogP contribution in [0.1, 0.15) is 19.3 Å². The van der Waals surface area contributed by atoms with Crippen LogP contribution in [0.25, 0.3) is 0 Å². The summed E-state index contributed by atoms with van der Waals surface area (Å²) in [6.07, 6.45) is -1.85. The molecule has 0 aromatic carbocycles. The van der Waals surface area contributed by atoms with E-state index >= 15 is 0 Å². The maximum absolute atomic E-state index is 12.9. The summed E-state index contributed by atoms with van der Waals surface area (Å²) in [5.41, 5.74) is 0. The molecule has 0 atom stereocenters. The van der Waals surface area contributed by atoms with Gasteiger partial charge in [-0.3, -0.25) is 4.79 Å². The molecule has 19 heavy (non-hydrogen) atoms. The van der Waals surface area contributed by atoms with E-state index in [0.29, 0.717) is 18.8 Å². The Morgan fingerprint density at radius 1 is 1.37 bits per heavy atom. The largest absolute Gasteiger partial charge is 0.383 e. The van der Waals surface area contributed by atoms with Crippen molar-refractivity contribution in [3.05, 3.63) is 0 Å². The molecule has 3 nitrogen and oxygen atoms in total. The van der Waals surface area contributed by atoms with Gasteiger partial charge in [0, 0.05) is 13.1 Å². The number of rotatable bonds is 5. The van der Waals surface area contributed by atoms with E-state index in [1.165, 1.54) is 0 Å². The third-order valence-electron chi connectivity index (χ3n) is 3.26. The highest BCUT2D eigenvalue weighted by atomic mass is 35.5. The lowest BCUT2D eigenvalue weighted by Gasteiger charge is -2.33. The van der Waals surface area contributed by atoms with Crippen molar-refractivity contribution in [3.63, 3.8) is 0 Å². The normalized spacial score (nSPS) is 17.5. The lowest BCUT2D eigenvalue weighted by Crippen LogP contribution is -2.50. The van der Waals surface area contributed by atoms with Crippen LogP contribution >= 0.6 is 12.4 Å². The molecule has 1 aliphatic heterocycles. The highest BCUT2D eigenvalue weighted by Crippen LogP contribution is 2.28. The Hall–Kier alpha value is -0.560. The van der Waals surface area contributed by atoms with Gasteiger partial charge in [-0.1, -0.05) is 0 Å². The number of carbonyl (C=O) groups excluding carboxylic acids is 1. The van der Waals surface area contributed by atoms with Crippen LogP contribution in [0.2, 0.25) is 0 Å². The van der Waals surface area contributed by atoms with Gasteiger partial charge in [-0.05, 0) is 38.8 Å². The highest BCUT2D eigenvalue weighted by Gasteiger charge is 2.51. The molecular weight excluding hydrogens is 288 g/mol. The third-order valence-corrected chi connectivity index (χ3v) is 3.26. The molecule has 1 N–H and O–H groups in total. The van der Waals surface area contributed by atoms with Gasteiger partial charge in [0.1, 0.15) is 0 Å². The average Bonchev–Trinajstić information content (AvgIpc) is 2.35. The molecular formula is C11H19ClF4N2O. The van der Waals surface area contributed by atoms with E-state index in [0.717, 1.165) is 17.9 Å². The Bertz CT molecular complexity index is 284. The maximum Gasteiger partial charge on any atom is 0.383 e. The number of piperidine rings is 1. The second-order valence-electron chi connectivity index (χ2n) is 4.55. The number of nitrogens with one attached hydrogen (secondary N) is 1. The predicted molar refractivity (Wildman–Crippen MR) is 66.0 cm³/mol. The molecule has 0 aliphatic carbocycles. The van der Waals surface area contributed by atoms with Gasteiger partial charge in [0.2, 0.25) is 0 Å². The fourth-order valence-corrected chi connectivity index (χ4v) is 2.08. The van der Waals surface area contributed by atoms with Crippen LogP contribution in [0.4, 0.5) is 17.6 Å². The summed E-state index contributed by atoms with van der Waals surface area (Å²) in [4.78, 5) is 12.1. The molecule has 1 fully saturated rings. The molecule has 1 rings (SSSR count). The molecule has 0 unspecified atom stereocenters. The molecule has 1 aliphatic rings. The van der Waals surface area contributed by atoms with Gasteiger partial charge in [-0.25, -0.2) is 8.78 Å². The van der Waals surface area contributed by atoms with Crippen molar-refractivity contribution in [1.82, 2.24) is 10.2 Å². The summed E-state index contributed by atoms with van der Waals surface area (Å²) < 4.78 is 49.9. The summed E-state index contributed by atoms with van der Waals surface area (Å²) in [6.45, 7) is 1.09. The first kappa shape index (κ1) is 18.4. The summed E-state index contributed by atoms with van der Waals surface area (Å²) in [7, 11) is 1.82. The van der Waals surface area contributed by atoms with Crippen molar-refractivity contribution in [2.24, 2.45) is 5.92 Å². The van der Waals surface area contributed by atoms with E-state index in [4.69, 9.17) is 0 Å². The Balaban J connectivity index is 0.00000324. The van der Waals surface area contributed by atoms with Gasteiger partial charge in [0.25, 0.3) is 5.91 Å². The zero-order chi connectivity index (χ0) is 13.8. The lowest BCUT2D eigenvalue weighted by molar-refractivity contribution is -0.181. The van der Waals surface area contributed by atoms with Gasteiger partial charge < -0.3 is 10.2 Å². The molecule has 8 heteroatoms. The molecule has 1 amide bonds. The number of hydrogen-bond donors (Lipinski definition) is 1. The smallest absolute Gasteiger partial charge is 0.337 e. The number of halogens is 5. The molecule has 114 valence electrons. The summed E-state index contributed by atoms with van der Waals surface area (Å²) in [5, 5.41) is 2.99. The minimum absolute atomic E-state index is 0. The first-order valence-corrected chi connectivity index (χ1v) is 5.99. The Kier molecular flexibility index (Phi) is 7.66. The van der Waals surface area contributed by atoms with Crippen LogP contribution in [0.15, 0.2) is 0 Å². The molecule has 0 radical (unpaired) electrons. The van der Waals surface area contributed by atoms with E-state index in [1.807, 2.05) is 7.05 Å². The van der Waals surface area contributed by atoms with Gasteiger partial charge in [0.15, 0.2) is 0 Å². The Morgan fingerprint density at radius 2 is 1.89 bits per heavy atom. The quantitative estimate of drug-likeness (QED) is 0.790. The minimum Gasteiger partial charge on any atom is -0.337 e. The standard InChI is InChI=1S/C11H18F4N2O.ClH/c1-16-5-2-8-3-6-17(7-4-8)10(18)11(14,15)9(12)13;/h8-9,16H,2-7H2,1H3;1H. The van der Waals surface area contributed by atoms with Crippen LogP contribution in [0.5, 0.6) is 0 Å². The Morgan fingerprint density at radius 3 is 2.32 bits per heavy atom. The highest BCUT2D eigenvalue weighted by molar-refractivity contribution is 5.85. The van der Waals surface area contributed by atoms with E-state index in [1.54, 1.807) is 0 Å². The topological polar surface area (TPSA) is 32.3 Å². The van der Waals surface area contributed by atoms with Gasteiger partial charge >= 0.3 is 12.3 Å². The summed E-state index contributed by atoms with van der Waals surface area (Å²) in [6, 6.07) is 0. The van der Waals surface area contributed by atoms with E-state index in [9.17, 15) is 22.4 Å². The number of amides is 1. The fourth-order valence-electron chi connectivity index (χ4n) is 2.08. The Labute approximate surface area is 116 Å². The van der Waals surface area contributed by atoms with Gasteiger partial charge in [0.05, 0.1) is 0 Å². The van der Waals surface area contributed by atoms with Crippen LogP contribution in [-0.4, -0.2) is 49.8 Å². The molecule has 1 heterocycles.